The lowest BCUT2D eigenvalue weighted by Crippen LogP contribution is -2.63. The second kappa shape index (κ2) is 15.6. The summed E-state index contributed by atoms with van der Waals surface area (Å²) >= 11 is 0. The maximum atomic E-state index is 13.5. The van der Waals surface area contributed by atoms with Crippen LogP contribution in [0.5, 0.6) is 5.75 Å². The average Bonchev–Trinajstić information content (AvgIpc) is 3.13. The molecule has 0 bridgehead atoms. The molecule has 268 valence electrons. The minimum atomic E-state index is -5.33. The van der Waals surface area contributed by atoms with Gasteiger partial charge in [0, 0.05) is 17.5 Å². The summed E-state index contributed by atoms with van der Waals surface area (Å²) in [6.07, 6.45) is -9.02. The molecular formula is C37H30O14S. The molecule has 5 atom stereocenters. The van der Waals surface area contributed by atoms with Crippen molar-refractivity contribution in [2.45, 2.75) is 37.6 Å². The van der Waals surface area contributed by atoms with E-state index in [2.05, 4.69) is 0 Å². The van der Waals surface area contributed by atoms with Crippen molar-refractivity contribution in [1.29, 1.82) is 0 Å². The highest BCUT2D eigenvalue weighted by molar-refractivity contribution is 7.80. The van der Waals surface area contributed by atoms with Gasteiger partial charge in [-0.15, -0.1) is 0 Å². The minimum Gasteiger partial charge on any atom is -0.461 e. The number of carbonyl (C=O) groups excluding carboxylic acids is 3. The molecule has 1 N–H and O–H groups in total. The number of hydrogen-bond donors (Lipinski definition) is 1. The zero-order valence-corrected chi connectivity index (χ0v) is 28.0. The van der Waals surface area contributed by atoms with E-state index in [1.807, 2.05) is 0 Å². The predicted molar refractivity (Wildman–Crippen MR) is 181 cm³/mol. The number of fused-ring (bicyclic) bond motifs is 1. The second-order valence-corrected chi connectivity index (χ2v) is 12.5. The van der Waals surface area contributed by atoms with Gasteiger partial charge in [0.25, 0.3) is 0 Å². The molecule has 0 amide bonds. The highest BCUT2D eigenvalue weighted by atomic mass is 32.3. The molecule has 1 fully saturated rings. The van der Waals surface area contributed by atoms with Crippen LogP contribution in [0.25, 0.3) is 11.0 Å². The summed E-state index contributed by atoms with van der Waals surface area (Å²) in [7, 11) is -5.33. The lowest BCUT2D eigenvalue weighted by Gasteiger charge is -2.43. The van der Waals surface area contributed by atoms with Gasteiger partial charge in [-0.1, -0.05) is 54.6 Å². The molecule has 6 rings (SSSR count). The van der Waals surface area contributed by atoms with Crippen LogP contribution in [-0.4, -0.2) is 68.2 Å². The lowest BCUT2D eigenvalue weighted by atomic mass is 9.98. The Morgan fingerprint density at radius 2 is 1.25 bits per heavy atom. The highest BCUT2D eigenvalue weighted by Gasteiger charge is 2.54. The standard InChI is InChI=1S/C37H30O14S/c1-22-19-30(38)47-28-20-26(17-18-27(22)28)46-37-33(50-36(41)25-15-9-4-10-16-25)32(49-35(40)24-13-7-3-8-14-24)31(51-52(42,43)44)29(48-37)21-45-34(39)23-11-5-2-6-12-23/h2-20,29,31-33,37H,21H2,1H3,(H,42,43,44)/t29-,31+,32+,33+,37-/m0/s1. The SMILES string of the molecule is Cc1cc(=O)oc2cc(O[C@H]3O[C@@H](COC(=O)c4ccccc4)[C@@H](OS(=O)(=O)O)[C@@H](OC(=O)c4ccccc4)[C@H]3OC(=O)c3ccccc3)ccc12. The van der Waals surface area contributed by atoms with Crippen LogP contribution >= 0.6 is 0 Å². The molecule has 2 heterocycles. The van der Waals surface area contributed by atoms with E-state index in [1.165, 1.54) is 54.6 Å². The first-order valence-corrected chi connectivity index (χ1v) is 17.1. The van der Waals surface area contributed by atoms with E-state index in [-0.39, 0.29) is 28.0 Å². The third-order valence-corrected chi connectivity index (χ3v) is 8.36. The van der Waals surface area contributed by atoms with Crippen LogP contribution in [0.4, 0.5) is 0 Å². The Morgan fingerprint density at radius 3 is 1.81 bits per heavy atom. The number of carbonyl (C=O) groups is 3. The number of benzene rings is 4. The Bertz CT molecular complexity index is 2220. The van der Waals surface area contributed by atoms with E-state index in [1.54, 1.807) is 67.6 Å². The Morgan fingerprint density at radius 1 is 0.712 bits per heavy atom. The van der Waals surface area contributed by atoms with Crippen molar-refractivity contribution in [3.05, 3.63) is 148 Å². The predicted octanol–water partition coefficient (Wildman–Crippen LogP) is 4.70. The largest absolute Gasteiger partial charge is 0.461 e. The second-order valence-electron chi connectivity index (χ2n) is 11.5. The van der Waals surface area contributed by atoms with Gasteiger partial charge < -0.3 is 28.1 Å². The van der Waals surface area contributed by atoms with Gasteiger partial charge >= 0.3 is 33.9 Å². The molecule has 0 aliphatic carbocycles. The van der Waals surface area contributed by atoms with Crippen molar-refractivity contribution in [3.8, 4) is 5.75 Å². The summed E-state index contributed by atoms with van der Waals surface area (Å²) in [5.41, 5.74) is 0.377. The Balaban J connectivity index is 1.43. The van der Waals surface area contributed by atoms with E-state index >= 15 is 0 Å². The topological polar surface area (TPSA) is 191 Å². The van der Waals surface area contributed by atoms with Crippen LogP contribution in [0.3, 0.4) is 0 Å². The van der Waals surface area contributed by atoms with Crippen LogP contribution in [0.15, 0.2) is 124 Å². The van der Waals surface area contributed by atoms with Crippen molar-refractivity contribution in [2.24, 2.45) is 0 Å². The molecule has 0 radical (unpaired) electrons. The first kappa shape index (κ1) is 35.9. The van der Waals surface area contributed by atoms with Gasteiger partial charge in [-0.25, -0.2) is 23.4 Å². The number of esters is 3. The quantitative estimate of drug-likeness (QED) is 0.0851. The molecule has 15 heteroatoms. The molecule has 1 aromatic heterocycles. The van der Waals surface area contributed by atoms with Crippen molar-refractivity contribution in [1.82, 2.24) is 0 Å². The number of rotatable bonds is 11. The summed E-state index contributed by atoms with van der Waals surface area (Å²) in [5, 5.41) is 0.588. The van der Waals surface area contributed by atoms with E-state index in [9.17, 15) is 32.1 Å². The Hall–Kier alpha value is -5.87. The Kier molecular flexibility index (Phi) is 10.8. The summed E-state index contributed by atoms with van der Waals surface area (Å²) in [6, 6.07) is 28.9. The lowest BCUT2D eigenvalue weighted by molar-refractivity contribution is -0.271. The minimum absolute atomic E-state index is 0.0225. The summed E-state index contributed by atoms with van der Waals surface area (Å²) in [4.78, 5) is 52.1. The van der Waals surface area contributed by atoms with E-state index in [0.29, 0.717) is 10.9 Å². The smallest absolute Gasteiger partial charge is 0.397 e. The number of aryl methyl sites for hydroxylation is 1. The van der Waals surface area contributed by atoms with E-state index in [4.69, 9.17) is 32.3 Å². The fourth-order valence-electron chi connectivity index (χ4n) is 5.48. The first-order valence-electron chi connectivity index (χ1n) is 15.7. The zero-order valence-electron chi connectivity index (χ0n) is 27.2. The van der Waals surface area contributed by atoms with Crippen molar-refractivity contribution in [3.63, 3.8) is 0 Å². The molecule has 1 saturated heterocycles. The molecule has 0 spiro atoms. The summed E-state index contributed by atoms with van der Waals surface area (Å²) < 4.78 is 74.1. The van der Waals surface area contributed by atoms with Crippen molar-refractivity contribution in [2.75, 3.05) is 6.61 Å². The molecule has 0 saturated carbocycles. The number of ether oxygens (including phenoxy) is 5. The first-order chi connectivity index (χ1) is 24.9. The third kappa shape index (κ3) is 8.70. The van der Waals surface area contributed by atoms with Crippen molar-refractivity contribution >= 4 is 39.3 Å². The van der Waals surface area contributed by atoms with E-state index < -0.39 is 71.2 Å². The fraction of sp³-hybridized carbons (Fsp3) is 0.189. The molecule has 0 unspecified atom stereocenters. The zero-order chi connectivity index (χ0) is 36.8. The van der Waals surface area contributed by atoms with Gasteiger partial charge in [-0.3, -0.25) is 4.55 Å². The van der Waals surface area contributed by atoms with Gasteiger partial charge in [-0.05, 0) is 61.0 Å². The van der Waals surface area contributed by atoms with Gasteiger partial charge in [-0.2, -0.15) is 8.42 Å². The van der Waals surface area contributed by atoms with Gasteiger partial charge in [0.15, 0.2) is 6.10 Å². The molecule has 14 nitrogen and oxygen atoms in total. The molecule has 1 aliphatic heterocycles. The summed E-state index contributed by atoms with van der Waals surface area (Å²) in [5.74, 6) is -2.76. The van der Waals surface area contributed by atoms with E-state index in [0.717, 1.165) is 0 Å². The van der Waals surface area contributed by atoms with Gasteiger partial charge in [0.1, 0.15) is 30.1 Å². The monoisotopic (exact) mass is 730 g/mol. The average molecular weight is 731 g/mol. The van der Waals surface area contributed by atoms with Gasteiger partial charge in [0.05, 0.1) is 16.7 Å². The molecule has 1 aliphatic rings. The molecule has 4 aromatic carbocycles. The Labute approximate surface area is 296 Å². The normalized spacial score (nSPS) is 20.1. The van der Waals surface area contributed by atoms with Crippen molar-refractivity contribution < 1.29 is 59.6 Å². The molecular weight excluding hydrogens is 700 g/mol. The maximum absolute atomic E-state index is 13.5. The van der Waals surface area contributed by atoms with Crippen LogP contribution in [0.2, 0.25) is 0 Å². The van der Waals surface area contributed by atoms with Crippen LogP contribution in [0.1, 0.15) is 36.6 Å². The molecule has 52 heavy (non-hydrogen) atoms. The fourth-order valence-corrected chi connectivity index (χ4v) is 6.00. The molecule has 5 aromatic rings. The van der Waals surface area contributed by atoms with Crippen LogP contribution < -0.4 is 10.4 Å². The maximum Gasteiger partial charge on any atom is 0.397 e. The van der Waals surface area contributed by atoms with Crippen LogP contribution in [0, 0.1) is 6.92 Å². The summed E-state index contributed by atoms with van der Waals surface area (Å²) in [6.45, 7) is 0.990. The van der Waals surface area contributed by atoms with Gasteiger partial charge in [0.2, 0.25) is 12.4 Å². The van der Waals surface area contributed by atoms with Crippen LogP contribution in [-0.2, 0) is 33.5 Å². The third-order valence-electron chi connectivity index (χ3n) is 7.89. The number of hydrogen-bond acceptors (Lipinski definition) is 13. The highest BCUT2D eigenvalue weighted by Crippen LogP contribution is 2.33.